The first-order valence-corrected chi connectivity index (χ1v) is 9.20. The molecule has 2 atom stereocenters. The van der Waals surface area contributed by atoms with E-state index in [1.165, 1.54) is 0 Å². The topological polar surface area (TPSA) is 61.8 Å². The summed E-state index contributed by atoms with van der Waals surface area (Å²) in [4.78, 5) is 20.5. The maximum absolute atomic E-state index is 10.2. The van der Waals surface area contributed by atoms with Crippen molar-refractivity contribution in [2.45, 2.75) is 76.8 Å². The number of methoxy groups -OCH3 is 2. The van der Waals surface area contributed by atoms with E-state index in [-0.39, 0.29) is 0 Å². The highest BCUT2D eigenvalue weighted by Gasteiger charge is 2.10. The summed E-state index contributed by atoms with van der Waals surface area (Å²) in [5.41, 5.74) is 0. The van der Waals surface area contributed by atoms with Gasteiger partial charge in [-0.15, -0.1) is 0 Å². The van der Waals surface area contributed by atoms with Gasteiger partial charge in [0.25, 0.3) is 0 Å². The molecule has 0 saturated carbocycles. The van der Waals surface area contributed by atoms with Crippen LogP contribution < -0.4 is 0 Å². The Morgan fingerprint density at radius 3 is 1.40 bits per heavy atom. The van der Waals surface area contributed by atoms with Crippen LogP contribution in [0.15, 0.2) is 24.3 Å². The van der Waals surface area contributed by atoms with Crippen molar-refractivity contribution in [2.24, 2.45) is 0 Å². The molecule has 0 aromatic heterocycles. The third-order valence-electron chi connectivity index (χ3n) is 3.70. The van der Waals surface area contributed by atoms with E-state index in [2.05, 4.69) is 0 Å². The third-order valence-corrected chi connectivity index (χ3v) is 3.70. The van der Waals surface area contributed by atoms with Gasteiger partial charge in [0, 0.05) is 27.1 Å². The molecule has 0 aromatic carbocycles. The molecule has 5 nitrogen and oxygen atoms in total. The van der Waals surface area contributed by atoms with Crippen LogP contribution in [0, 0.1) is 0 Å². The molecule has 0 aliphatic carbocycles. The van der Waals surface area contributed by atoms with Crippen LogP contribution in [-0.4, -0.2) is 39.4 Å². The fraction of sp³-hybridized carbons (Fsp3) is 0.700. The number of aldehydes is 2. The number of rotatable bonds is 18. The molecule has 0 heterocycles. The van der Waals surface area contributed by atoms with Crippen molar-refractivity contribution in [1.82, 2.24) is 0 Å². The first-order chi connectivity index (χ1) is 12.3. The number of hydrogen-bond donors (Lipinski definition) is 0. The Morgan fingerprint density at radius 1 is 0.640 bits per heavy atom. The lowest BCUT2D eigenvalue weighted by Crippen LogP contribution is -2.22. The predicted octanol–water partition coefficient (Wildman–Crippen LogP) is 4.36. The molecule has 0 aliphatic rings. The van der Waals surface area contributed by atoms with E-state index in [1.807, 2.05) is 24.3 Å². The molecule has 2 unspecified atom stereocenters. The zero-order valence-electron chi connectivity index (χ0n) is 15.7. The van der Waals surface area contributed by atoms with Crippen LogP contribution in [0.1, 0.15) is 64.2 Å². The maximum atomic E-state index is 10.2. The van der Waals surface area contributed by atoms with Crippen molar-refractivity contribution in [2.75, 3.05) is 14.2 Å². The Kier molecular flexibility index (Phi) is 18.0. The minimum absolute atomic E-state index is 0.447. The lowest BCUT2D eigenvalue weighted by Gasteiger charge is -2.18. The van der Waals surface area contributed by atoms with Gasteiger partial charge in [-0.05, 0) is 50.7 Å². The zero-order chi connectivity index (χ0) is 18.6. The molecule has 25 heavy (non-hydrogen) atoms. The molecule has 0 aromatic rings. The standard InChI is InChI=1S/C20H34O5/c1-23-19(15-11-7-3-5-9-13-17-21)25-20(24-2)16-12-8-4-6-10-14-18-22/h11-12,15-20H,3-10,13-14H2,1-2H3. The van der Waals surface area contributed by atoms with E-state index in [0.717, 1.165) is 63.9 Å². The third kappa shape index (κ3) is 15.9. The average Bonchev–Trinajstić information content (AvgIpc) is 2.64. The van der Waals surface area contributed by atoms with Crippen LogP contribution in [0.3, 0.4) is 0 Å². The lowest BCUT2D eigenvalue weighted by molar-refractivity contribution is -0.188. The quantitative estimate of drug-likeness (QED) is 0.158. The molecule has 0 radical (unpaired) electrons. The Balaban J connectivity index is 3.97. The van der Waals surface area contributed by atoms with Crippen LogP contribution in [0.25, 0.3) is 0 Å². The molecule has 0 rings (SSSR count). The van der Waals surface area contributed by atoms with Crippen molar-refractivity contribution in [1.29, 1.82) is 0 Å². The Morgan fingerprint density at radius 2 is 1.04 bits per heavy atom. The summed E-state index contributed by atoms with van der Waals surface area (Å²) in [6.07, 6.45) is 18.2. The second-order valence-corrected chi connectivity index (χ2v) is 5.81. The fourth-order valence-electron chi connectivity index (χ4n) is 2.24. The van der Waals surface area contributed by atoms with Gasteiger partial charge in [0.05, 0.1) is 0 Å². The molecule has 5 heteroatoms. The number of allylic oxidation sites excluding steroid dienone is 2. The van der Waals surface area contributed by atoms with E-state index < -0.39 is 12.6 Å². The lowest BCUT2D eigenvalue weighted by atomic mass is 10.1. The molecule has 0 amide bonds. The monoisotopic (exact) mass is 354 g/mol. The first kappa shape index (κ1) is 23.7. The second-order valence-electron chi connectivity index (χ2n) is 5.81. The van der Waals surface area contributed by atoms with Crippen LogP contribution in [0.2, 0.25) is 0 Å². The van der Waals surface area contributed by atoms with Crippen molar-refractivity contribution < 1.29 is 23.8 Å². The van der Waals surface area contributed by atoms with Crippen molar-refractivity contribution in [3.05, 3.63) is 24.3 Å². The molecule has 144 valence electrons. The van der Waals surface area contributed by atoms with Gasteiger partial charge in [0.2, 0.25) is 0 Å². The number of hydrogen-bond acceptors (Lipinski definition) is 5. The summed E-state index contributed by atoms with van der Waals surface area (Å²) in [5, 5.41) is 0. The molecule has 0 bridgehead atoms. The molecule has 0 fully saturated rings. The van der Waals surface area contributed by atoms with Crippen molar-refractivity contribution >= 4 is 12.6 Å². The number of carbonyl (C=O) groups excluding carboxylic acids is 2. The SMILES string of the molecule is COC(C=CCCCCCC=O)OC(C=CCCCCCC=O)OC. The van der Waals surface area contributed by atoms with Crippen LogP contribution in [-0.2, 0) is 23.8 Å². The van der Waals surface area contributed by atoms with Crippen molar-refractivity contribution in [3.8, 4) is 0 Å². The Bertz CT molecular complexity index is 331. The van der Waals surface area contributed by atoms with Gasteiger partial charge in [-0.1, -0.05) is 25.0 Å². The zero-order valence-corrected chi connectivity index (χ0v) is 15.7. The Hall–Kier alpha value is -1.30. The van der Waals surface area contributed by atoms with Gasteiger partial charge in [-0.2, -0.15) is 0 Å². The highest BCUT2D eigenvalue weighted by atomic mass is 16.8. The summed E-state index contributed by atoms with van der Waals surface area (Å²) in [7, 11) is 3.20. The van der Waals surface area contributed by atoms with Crippen LogP contribution in [0.5, 0.6) is 0 Å². The largest absolute Gasteiger partial charge is 0.352 e. The van der Waals surface area contributed by atoms with Gasteiger partial charge in [-0.25, -0.2) is 0 Å². The van der Waals surface area contributed by atoms with E-state index in [9.17, 15) is 9.59 Å². The minimum atomic E-state index is -0.447. The van der Waals surface area contributed by atoms with E-state index in [1.54, 1.807) is 14.2 Å². The Labute approximate surface area is 152 Å². The molecular weight excluding hydrogens is 320 g/mol. The summed E-state index contributed by atoms with van der Waals surface area (Å²) < 4.78 is 16.3. The maximum Gasteiger partial charge on any atom is 0.179 e. The number of unbranched alkanes of at least 4 members (excludes halogenated alkanes) is 8. The fourth-order valence-corrected chi connectivity index (χ4v) is 2.24. The van der Waals surface area contributed by atoms with Gasteiger partial charge in [0.15, 0.2) is 12.6 Å². The number of ether oxygens (including phenoxy) is 3. The van der Waals surface area contributed by atoms with Crippen molar-refractivity contribution in [3.63, 3.8) is 0 Å². The van der Waals surface area contributed by atoms with E-state index >= 15 is 0 Å². The normalized spacial score (nSPS) is 14.2. The number of carbonyl (C=O) groups is 2. The second kappa shape index (κ2) is 19.0. The smallest absolute Gasteiger partial charge is 0.179 e. The molecule has 0 N–H and O–H groups in total. The van der Waals surface area contributed by atoms with Crippen LogP contribution >= 0.6 is 0 Å². The van der Waals surface area contributed by atoms with E-state index in [4.69, 9.17) is 14.2 Å². The molecule has 0 aliphatic heterocycles. The summed E-state index contributed by atoms with van der Waals surface area (Å²) >= 11 is 0. The first-order valence-electron chi connectivity index (χ1n) is 9.20. The average molecular weight is 354 g/mol. The molecule has 0 spiro atoms. The van der Waals surface area contributed by atoms with Crippen LogP contribution in [0.4, 0.5) is 0 Å². The molecular formula is C20H34O5. The van der Waals surface area contributed by atoms with Gasteiger partial charge >= 0.3 is 0 Å². The van der Waals surface area contributed by atoms with Gasteiger partial charge in [-0.3, -0.25) is 0 Å². The highest BCUT2D eigenvalue weighted by molar-refractivity contribution is 5.49. The summed E-state index contributed by atoms with van der Waals surface area (Å²) in [6.45, 7) is 0. The summed E-state index contributed by atoms with van der Waals surface area (Å²) in [6, 6.07) is 0. The van der Waals surface area contributed by atoms with E-state index in [0.29, 0.717) is 12.8 Å². The molecule has 0 saturated heterocycles. The summed E-state index contributed by atoms with van der Waals surface area (Å²) in [5.74, 6) is 0. The predicted molar refractivity (Wildman–Crippen MR) is 99.3 cm³/mol. The van der Waals surface area contributed by atoms with Gasteiger partial charge in [0.1, 0.15) is 12.6 Å². The minimum Gasteiger partial charge on any atom is -0.352 e. The van der Waals surface area contributed by atoms with Gasteiger partial charge < -0.3 is 23.8 Å². The highest BCUT2D eigenvalue weighted by Crippen LogP contribution is 2.09.